The molecule has 2 aromatic carbocycles. The topological polar surface area (TPSA) is 71.1 Å². The van der Waals surface area contributed by atoms with E-state index in [1.807, 2.05) is 30.3 Å². The van der Waals surface area contributed by atoms with Crippen LogP contribution in [0.25, 0.3) is 0 Å². The summed E-state index contributed by atoms with van der Waals surface area (Å²) in [4.78, 5) is 27.2. The third-order valence-electron chi connectivity index (χ3n) is 5.02. The van der Waals surface area contributed by atoms with Gasteiger partial charge in [-0.3, -0.25) is 9.69 Å². The van der Waals surface area contributed by atoms with Crippen molar-refractivity contribution in [3.8, 4) is 11.5 Å². The molecule has 0 aliphatic carbocycles. The Morgan fingerprint density at radius 1 is 0.939 bits per heavy atom. The van der Waals surface area contributed by atoms with Gasteiger partial charge in [-0.2, -0.15) is 0 Å². The van der Waals surface area contributed by atoms with Crippen molar-refractivity contribution in [2.24, 2.45) is 0 Å². The fourth-order valence-electron chi connectivity index (χ4n) is 3.19. The number of hydrogen-bond donors (Lipinski definition) is 1. The molecule has 1 N–H and O–H groups in total. The summed E-state index contributed by atoms with van der Waals surface area (Å²) < 4.78 is 11.2. The minimum Gasteiger partial charge on any atom is -0.494 e. The van der Waals surface area contributed by atoms with Crippen LogP contribution in [-0.2, 0) is 4.79 Å². The quantitative estimate of drug-likeness (QED) is 0.328. The van der Waals surface area contributed by atoms with Gasteiger partial charge in [0.05, 0.1) is 6.61 Å². The van der Waals surface area contributed by atoms with E-state index in [9.17, 15) is 9.59 Å². The second-order valence-electron chi connectivity index (χ2n) is 7.94. The van der Waals surface area contributed by atoms with Crippen LogP contribution in [0.3, 0.4) is 0 Å². The molecule has 0 heterocycles. The van der Waals surface area contributed by atoms with Crippen LogP contribution in [0.2, 0.25) is 0 Å². The zero-order valence-electron chi connectivity index (χ0n) is 19.9. The highest BCUT2D eigenvalue weighted by atomic mass is 16.6. The van der Waals surface area contributed by atoms with Crippen molar-refractivity contribution in [3.05, 3.63) is 61.2 Å². The van der Waals surface area contributed by atoms with Crippen LogP contribution in [0, 0.1) is 0 Å². The maximum atomic E-state index is 12.4. The van der Waals surface area contributed by atoms with Gasteiger partial charge in [-0.05, 0) is 75.0 Å². The Labute approximate surface area is 197 Å². The molecular weight excluding hydrogens is 418 g/mol. The molecule has 7 heteroatoms. The van der Waals surface area contributed by atoms with Crippen molar-refractivity contribution >= 4 is 23.4 Å². The van der Waals surface area contributed by atoms with Gasteiger partial charge in [0.1, 0.15) is 11.5 Å². The first-order valence-corrected chi connectivity index (χ1v) is 11.2. The average Bonchev–Trinajstić information content (AvgIpc) is 2.79. The highest BCUT2D eigenvalue weighted by molar-refractivity contribution is 5.90. The van der Waals surface area contributed by atoms with Crippen LogP contribution in [0.4, 0.5) is 16.2 Å². The van der Waals surface area contributed by atoms with E-state index in [0.29, 0.717) is 23.7 Å². The number of hydrogen-bond acceptors (Lipinski definition) is 5. The number of ether oxygens (including phenoxy) is 2. The number of nitrogens with one attached hydrogen (secondary N) is 1. The van der Waals surface area contributed by atoms with Crippen LogP contribution >= 0.6 is 0 Å². The molecule has 7 nitrogen and oxygen atoms in total. The first kappa shape index (κ1) is 25.9. The molecule has 178 valence electrons. The number of carbonyl (C=O) groups is 2. The van der Waals surface area contributed by atoms with Crippen LogP contribution in [0.5, 0.6) is 11.5 Å². The van der Waals surface area contributed by atoms with Crippen molar-refractivity contribution in [1.82, 2.24) is 4.90 Å². The number of nitrogens with zero attached hydrogens (tertiary/aromatic N) is 2. The number of anilines is 2. The maximum absolute atomic E-state index is 12.4. The van der Waals surface area contributed by atoms with Gasteiger partial charge in [-0.1, -0.05) is 18.9 Å². The lowest BCUT2D eigenvalue weighted by Gasteiger charge is -2.17. The molecule has 0 saturated carbocycles. The van der Waals surface area contributed by atoms with Crippen LogP contribution in [0.1, 0.15) is 32.6 Å². The van der Waals surface area contributed by atoms with Gasteiger partial charge in [0, 0.05) is 31.9 Å². The van der Waals surface area contributed by atoms with Crippen molar-refractivity contribution in [3.63, 3.8) is 0 Å². The number of rotatable bonds is 13. The summed E-state index contributed by atoms with van der Waals surface area (Å²) in [5, 5.41) is 2.67. The van der Waals surface area contributed by atoms with Gasteiger partial charge in [0.15, 0.2) is 0 Å². The zero-order valence-corrected chi connectivity index (χ0v) is 19.9. The van der Waals surface area contributed by atoms with Crippen molar-refractivity contribution in [2.45, 2.75) is 32.6 Å². The maximum Gasteiger partial charge on any atom is 0.419 e. The number of amides is 2. The Balaban J connectivity index is 1.71. The van der Waals surface area contributed by atoms with Gasteiger partial charge < -0.3 is 19.7 Å². The van der Waals surface area contributed by atoms with Crippen molar-refractivity contribution < 1.29 is 19.1 Å². The van der Waals surface area contributed by atoms with E-state index in [4.69, 9.17) is 9.47 Å². The van der Waals surface area contributed by atoms with Gasteiger partial charge in [-0.25, -0.2) is 4.79 Å². The zero-order chi connectivity index (χ0) is 24.1. The van der Waals surface area contributed by atoms with Gasteiger partial charge in [0.2, 0.25) is 5.91 Å². The fourth-order valence-corrected chi connectivity index (χ4v) is 3.19. The fraction of sp³-hybridized carbons (Fsp3) is 0.385. The average molecular weight is 454 g/mol. The molecule has 0 aliphatic heterocycles. The third-order valence-corrected chi connectivity index (χ3v) is 5.02. The summed E-state index contributed by atoms with van der Waals surface area (Å²) in [5.41, 5.74) is 1.34. The number of likely N-dealkylation sites (N-methyl/N-ethyl adjacent to an activating group) is 1. The molecule has 0 aliphatic rings. The molecule has 0 radical (unpaired) electrons. The summed E-state index contributed by atoms with van der Waals surface area (Å²) in [6, 6.07) is 14.0. The standard InChI is InChI=1S/C26H35N3O4/c1-5-18-28(3)19-8-6-7-9-20-32-24-16-12-23(13-17-24)29(4)26(31)33-25-14-10-22(11-15-25)27-21(2)30/h5,10-17H,1,6-9,18-20H2,2-4H3,(H,27,30). The first-order chi connectivity index (χ1) is 15.9. The second-order valence-corrected chi connectivity index (χ2v) is 7.94. The van der Waals surface area contributed by atoms with Gasteiger partial charge in [0.25, 0.3) is 0 Å². The normalized spacial score (nSPS) is 10.5. The van der Waals surface area contributed by atoms with Crippen molar-refractivity contribution in [1.29, 1.82) is 0 Å². The predicted molar refractivity (Wildman–Crippen MR) is 133 cm³/mol. The molecule has 2 aromatic rings. The van der Waals surface area contributed by atoms with E-state index in [1.54, 1.807) is 31.3 Å². The molecule has 33 heavy (non-hydrogen) atoms. The molecule has 2 amide bonds. The van der Waals surface area contributed by atoms with Crippen LogP contribution in [0.15, 0.2) is 61.2 Å². The molecular formula is C26H35N3O4. The van der Waals surface area contributed by atoms with Gasteiger partial charge >= 0.3 is 6.09 Å². The van der Waals surface area contributed by atoms with E-state index in [-0.39, 0.29) is 5.91 Å². The molecule has 0 atom stereocenters. The Bertz CT molecular complexity index is 881. The summed E-state index contributed by atoms with van der Waals surface area (Å²) in [6.45, 7) is 7.89. The SMILES string of the molecule is C=CCN(C)CCCCCCOc1ccc(N(C)C(=O)Oc2ccc(NC(C)=O)cc2)cc1. The Hall–Kier alpha value is -3.32. The highest BCUT2D eigenvalue weighted by Crippen LogP contribution is 2.21. The van der Waals surface area contributed by atoms with E-state index in [1.165, 1.54) is 24.7 Å². The largest absolute Gasteiger partial charge is 0.494 e. The minimum atomic E-state index is -0.505. The summed E-state index contributed by atoms with van der Waals surface area (Å²) >= 11 is 0. The van der Waals surface area contributed by atoms with Crippen LogP contribution < -0.4 is 19.7 Å². The Kier molecular flexibility index (Phi) is 11.0. The minimum absolute atomic E-state index is 0.158. The smallest absolute Gasteiger partial charge is 0.419 e. The highest BCUT2D eigenvalue weighted by Gasteiger charge is 2.13. The number of carbonyl (C=O) groups excluding carboxylic acids is 2. The predicted octanol–water partition coefficient (Wildman–Crippen LogP) is 5.34. The van der Waals surface area contributed by atoms with E-state index < -0.39 is 6.09 Å². The molecule has 0 fully saturated rings. The van der Waals surface area contributed by atoms with E-state index in [2.05, 4.69) is 23.8 Å². The second kappa shape index (κ2) is 14.0. The summed E-state index contributed by atoms with van der Waals surface area (Å²) in [6.07, 6.45) is 5.94. The summed E-state index contributed by atoms with van der Waals surface area (Å²) in [5.74, 6) is 1.02. The Morgan fingerprint density at radius 3 is 2.21 bits per heavy atom. The first-order valence-electron chi connectivity index (χ1n) is 11.2. The monoisotopic (exact) mass is 453 g/mol. The molecule has 0 unspecified atom stereocenters. The molecule has 0 bridgehead atoms. The van der Waals surface area contributed by atoms with Crippen molar-refractivity contribution in [2.75, 3.05) is 44.0 Å². The lowest BCUT2D eigenvalue weighted by Crippen LogP contribution is -2.29. The molecule has 2 rings (SSSR count). The van der Waals surface area contributed by atoms with Gasteiger partial charge in [-0.15, -0.1) is 6.58 Å². The number of unbranched alkanes of at least 4 members (excludes halogenated alkanes) is 3. The molecule has 0 spiro atoms. The van der Waals surface area contributed by atoms with E-state index >= 15 is 0 Å². The van der Waals surface area contributed by atoms with Crippen LogP contribution in [-0.4, -0.2) is 50.7 Å². The molecule has 0 aromatic heterocycles. The number of benzene rings is 2. The van der Waals surface area contributed by atoms with E-state index in [0.717, 1.165) is 31.7 Å². The lowest BCUT2D eigenvalue weighted by molar-refractivity contribution is -0.114. The third kappa shape index (κ3) is 9.78. The Morgan fingerprint density at radius 2 is 1.58 bits per heavy atom. The summed E-state index contributed by atoms with van der Waals surface area (Å²) in [7, 11) is 3.76. The lowest BCUT2D eigenvalue weighted by atomic mass is 10.2. The molecule has 0 saturated heterocycles.